The number of likely N-dealkylation sites (tertiary alicyclic amines) is 1. The fourth-order valence-electron chi connectivity index (χ4n) is 3.14. The molecule has 0 unspecified atom stereocenters. The van der Waals surface area contributed by atoms with Crippen LogP contribution in [-0.4, -0.2) is 23.8 Å². The molecule has 0 bridgehead atoms. The number of anilines is 1. The van der Waals surface area contributed by atoms with Gasteiger partial charge in [-0.05, 0) is 43.6 Å². The van der Waals surface area contributed by atoms with Gasteiger partial charge in [0.1, 0.15) is 0 Å². The van der Waals surface area contributed by atoms with Gasteiger partial charge < -0.3 is 5.73 Å². The fraction of sp³-hybridized carbons (Fsp3) is 0.316. The quantitative estimate of drug-likeness (QED) is 0.694. The van der Waals surface area contributed by atoms with Crippen LogP contribution in [0.25, 0.3) is 0 Å². The van der Waals surface area contributed by atoms with E-state index in [-0.39, 0.29) is 5.92 Å². The van der Waals surface area contributed by atoms with E-state index in [0.29, 0.717) is 5.78 Å². The molecule has 0 radical (unpaired) electrons. The molecule has 2 aromatic carbocycles. The summed E-state index contributed by atoms with van der Waals surface area (Å²) in [6.45, 7) is 2.85. The van der Waals surface area contributed by atoms with Gasteiger partial charge in [0.2, 0.25) is 0 Å². The van der Waals surface area contributed by atoms with Crippen LogP contribution in [0, 0.1) is 5.92 Å². The molecular weight excluding hydrogens is 272 g/mol. The highest BCUT2D eigenvalue weighted by molar-refractivity contribution is 5.97. The maximum absolute atomic E-state index is 12.5. The fourth-order valence-corrected chi connectivity index (χ4v) is 3.14. The largest absolute Gasteiger partial charge is 0.399 e. The van der Waals surface area contributed by atoms with Gasteiger partial charge in [-0.3, -0.25) is 9.69 Å². The summed E-state index contributed by atoms with van der Waals surface area (Å²) >= 11 is 0. The number of benzene rings is 2. The third kappa shape index (κ3) is 3.55. The van der Waals surface area contributed by atoms with Crippen LogP contribution in [0.2, 0.25) is 0 Å². The summed E-state index contributed by atoms with van der Waals surface area (Å²) < 4.78 is 0. The molecule has 1 aliphatic heterocycles. The van der Waals surface area contributed by atoms with Crippen molar-refractivity contribution >= 4 is 11.5 Å². The Labute approximate surface area is 131 Å². The Hall–Kier alpha value is -2.13. The number of Topliss-reactive ketones (excluding diaryl/α,β-unsaturated/α-hetero) is 1. The first-order chi connectivity index (χ1) is 10.7. The molecule has 1 fully saturated rings. The average Bonchev–Trinajstić information content (AvgIpc) is 2.56. The molecule has 0 atom stereocenters. The van der Waals surface area contributed by atoms with Gasteiger partial charge in [-0.2, -0.15) is 0 Å². The minimum Gasteiger partial charge on any atom is -0.399 e. The zero-order chi connectivity index (χ0) is 15.4. The van der Waals surface area contributed by atoms with Crippen LogP contribution in [0.3, 0.4) is 0 Å². The maximum atomic E-state index is 12.5. The van der Waals surface area contributed by atoms with Crippen molar-refractivity contribution in [1.82, 2.24) is 4.90 Å². The van der Waals surface area contributed by atoms with Crippen LogP contribution in [0.1, 0.15) is 28.8 Å². The molecule has 2 aromatic rings. The van der Waals surface area contributed by atoms with Crippen molar-refractivity contribution in [3.8, 4) is 0 Å². The Morgan fingerprint density at radius 2 is 1.77 bits per heavy atom. The zero-order valence-corrected chi connectivity index (χ0v) is 12.7. The van der Waals surface area contributed by atoms with Crippen molar-refractivity contribution in [1.29, 1.82) is 0 Å². The van der Waals surface area contributed by atoms with Crippen LogP contribution in [0.15, 0.2) is 54.6 Å². The third-order valence-electron chi connectivity index (χ3n) is 4.37. The van der Waals surface area contributed by atoms with E-state index in [4.69, 9.17) is 5.73 Å². The lowest BCUT2D eigenvalue weighted by Crippen LogP contribution is -2.35. The van der Waals surface area contributed by atoms with E-state index >= 15 is 0 Å². The minimum atomic E-state index is 0.166. The zero-order valence-electron chi connectivity index (χ0n) is 12.7. The molecule has 114 valence electrons. The second kappa shape index (κ2) is 6.75. The first kappa shape index (κ1) is 14.8. The van der Waals surface area contributed by atoms with Crippen LogP contribution < -0.4 is 5.73 Å². The van der Waals surface area contributed by atoms with E-state index in [0.717, 1.165) is 43.7 Å². The summed E-state index contributed by atoms with van der Waals surface area (Å²) in [6, 6.07) is 17.7. The number of piperidine rings is 1. The number of hydrogen-bond acceptors (Lipinski definition) is 3. The van der Waals surface area contributed by atoms with E-state index in [1.807, 2.05) is 48.5 Å². The van der Waals surface area contributed by atoms with E-state index in [1.165, 1.54) is 5.56 Å². The highest BCUT2D eigenvalue weighted by Crippen LogP contribution is 2.23. The van der Waals surface area contributed by atoms with E-state index in [9.17, 15) is 4.79 Å². The molecule has 2 N–H and O–H groups in total. The second-order valence-corrected chi connectivity index (χ2v) is 6.03. The topological polar surface area (TPSA) is 46.3 Å². The maximum Gasteiger partial charge on any atom is 0.166 e. The van der Waals surface area contributed by atoms with E-state index in [2.05, 4.69) is 11.0 Å². The van der Waals surface area contributed by atoms with Gasteiger partial charge in [0, 0.05) is 23.7 Å². The van der Waals surface area contributed by atoms with Crippen LogP contribution >= 0.6 is 0 Å². The molecule has 0 saturated carbocycles. The van der Waals surface area contributed by atoms with Gasteiger partial charge in [-0.15, -0.1) is 0 Å². The Morgan fingerprint density at radius 1 is 1.05 bits per heavy atom. The normalized spacial score (nSPS) is 16.5. The summed E-state index contributed by atoms with van der Waals surface area (Å²) in [6.07, 6.45) is 1.88. The van der Waals surface area contributed by atoms with Crippen molar-refractivity contribution in [3.63, 3.8) is 0 Å². The predicted octanol–water partition coefficient (Wildman–Crippen LogP) is 3.36. The predicted molar refractivity (Wildman–Crippen MR) is 89.6 cm³/mol. The Morgan fingerprint density at radius 3 is 2.45 bits per heavy atom. The standard InChI is InChI=1S/C19H22N2O/c20-18-8-4-5-15(13-18)14-21-11-9-17(10-12-21)19(22)16-6-2-1-3-7-16/h1-8,13,17H,9-12,14,20H2. The second-order valence-electron chi connectivity index (χ2n) is 6.03. The highest BCUT2D eigenvalue weighted by atomic mass is 16.1. The molecule has 22 heavy (non-hydrogen) atoms. The molecule has 1 heterocycles. The summed E-state index contributed by atoms with van der Waals surface area (Å²) in [5, 5.41) is 0. The number of nitrogens with zero attached hydrogens (tertiary/aromatic N) is 1. The highest BCUT2D eigenvalue weighted by Gasteiger charge is 2.25. The van der Waals surface area contributed by atoms with E-state index in [1.54, 1.807) is 0 Å². The smallest absolute Gasteiger partial charge is 0.166 e. The minimum absolute atomic E-state index is 0.166. The van der Waals surface area contributed by atoms with Gasteiger partial charge in [0.05, 0.1) is 0 Å². The van der Waals surface area contributed by atoms with Gasteiger partial charge in [0.25, 0.3) is 0 Å². The lowest BCUT2D eigenvalue weighted by molar-refractivity contribution is 0.0835. The molecule has 0 spiro atoms. The molecular formula is C19H22N2O. The van der Waals surface area contributed by atoms with E-state index < -0.39 is 0 Å². The monoisotopic (exact) mass is 294 g/mol. The van der Waals surface area contributed by atoms with Crippen molar-refractivity contribution in [2.75, 3.05) is 18.8 Å². The van der Waals surface area contributed by atoms with Crippen molar-refractivity contribution in [2.24, 2.45) is 5.92 Å². The Kier molecular flexibility index (Phi) is 4.54. The lowest BCUT2D eigenvalue weighted by Gasteiger charge is -2.31. The summed E-state index contributed by atoms with van der Waals surface area (Å²) in [4.78, 5) is 14.9. The van der Waals surface area contributed by atoms with Gasteiger partial charge in [-0.25, -0.2) is 0 Å². The first-order valence-corrected chi connectivity index (χ1v) is 7.88. The number of nitrogen functional groups attached to an aromatic ring is 1. The van der Waals surface area contributed by atoms with Crippen molar-refractivity contribution < 1.29 is 4.79 Å². The van der Waals surface area contributed by atoms with Crippen LogP contribution in [-0.2, 0) is 6.54 Å². The lowest BCUT2D eigenvalue weighted by atomic mass is 9.89. The molecule has 0 aliphatic carbocycles. The van der Waals surface area contributed by atoms with Gasteiger partial charge in [0.15, 0.2) is 5.78 Å². The van der Waals surface area contributed by atoms with Crippen LogP contribution in [0.4, 0.5) is 5.69 Å². The number of hydrogen-bond donors (Lipinski definition) is 1. The van der Waals surface area contributed by atoms with Gasteiger partial charge >= 0.3 is 0 Å². The SMILES string of the molecule is Nc1cccc(CN2CCC(C(=O)c3ccccc3)CC2)c1. The van der Waals surface area contributed by atoms with Crippen molar-refractivity contribution in [2.45, 2.75) is 19.4 Å². The third-order valence-corrected chi connectivity index (χ3v) is 4.37. The average molecular weight is 294 g/mol. The summed E-state index contributed by atoms with van der Waals surface area (Å²) in [7, 11) is 0. The molecule has 3 rings (SSSR count). The number of rotatable bonds is 4. The molecule has 1 aliphatic rings. The molecule has 3 heteroatoms. The number of ketones is 1. The van der Waals surface area contributed by atoms with Crippen LogP contribution in [0.5, 0.6) is 0 Å². The summed E-state index contributed by atoms with van der Waals surface area (Å²) in [5.41, 5.74) is 8.73. The molecule has 1 saturated heterocycles. The number of carbonyl (C=O) groups is 1. The Bertz CT molecular complexity index is 631. The number of nitrogens with two attached hydrogens (primary N) is 1. The molecule has 0 aromatic heterocycles. The van der Waals surface area contributed by atoms with Gasteiger partial charge in [-0.1, -0.05) is 42.5 Å². The molecule has 3 nitrogen and oxygen atoms in total. The van der Waals surface area contributed by atoms with Crippen molar-refractivity contribution in [3.05, 3.63) is 65.7 Å². The number of carbonyl (C=O) groups excluding carboxylic acids is 1. The Balaban J connectivity index is 1.55. The summed E-state index contributed by atoms with van der Waals surface area (Å²) in [5.74, 6) is 0.462. The first-order valence-electron chi connectivity index (χ1n) is 7.88. The molecule has 0 amide bonds.